The van der Waals surface area contributed by atoms with Crippen LogP contribution >= 0.6 is 0 Å². The van der Waals surface area contributed by atoms with E-state index < -0.39 is 0 Å². The van der Waals surface area contributed by atoms with Gasteiger partial charge in [-0.2, -0.15) is 0 Å². The lowest BCUT2D eigenvalue weighted by Gasteiger charge is -2.11. The van der Waals surface area contributed by atoms with Crippen LogP contribution in [0, 0.1) is 0 Å². The molecule has 1 rings (SSSR count). The number of anilines is 1. The van der Waals surface area contributed by atoms with Crippen LogP contribution in [-0.2, 0) is 0 Å². The van der Waals surface area contributed by atoms with Gasteiger partial charge in [-0.3, -0.25) is 9.98 Å². The number of benzene rings is 1. The van der Waals surface area contributed by atoms with Gasteiger partial charge in [0.15, 0.2) is 5.84 Å². The average Bonchev–Trinajstić information content (AvgIpc) is 2.71. The highest BCUT2D eigenvalue weighted by Gasteiger charge is 2.06. The molecule has 5 heteroatoms. The van der Waals surface area contributed by atoms with Crippen molar-refractivity contribution in [3.05, 3.63) is 60.0 Å². The predicted octanol–water partition coefficient (Wildman–Crippen LogP) is 5.83. The van der Waals surface area contributed by atoms with Gasteiger partial charge in [-0.25, -0.2) is 4.99 Å². The van der Waals surface area contributed by atoms with Gasteiger partial charge in [-0.1, -0.05) is 25.1 Å². The predicted molar refractivity (Wildman–Crippen MR) is 123 cm³/mol. The highest BCUT2D eigenvalue weighted by atomic mass is 16.5. The van der Waals surface area contributed by atoms with Crippen molar-refractivity contribution in [3.63, 3.8) is 0 Å². The topological polar surface area (TPSA) is 58.3 Å². The number of hydrogen-bond acceptors (Lipinski definition) is 4. The van der Waals surface area contributed by atoms with E-state index in [2.05, 4.69) is 27.2 Å². The summed E-state index contributed by atoms with van der Waals surface area (Å²) in [4.78, 5) is 13.3. The summed E-state index contributed by atoms with van der Waals surface area (Å²) in [5.41, 5.74) is 3.88. The molecule has 5 nitrogen and oxygen atoms in total. The molecule has 0 aliphatic heterocycles. The Hall–Kier alpha value is -2.95. The number of nitrogens with zero attached hydrogens (tertiary/aromatic N) is 3. The zero-order chi connectivity index (χ0) is 20.8. The van der Waals surface area contributed by atoms with Gasteiger partial charge in [0, 0.05) is 37.4 Å². The second kappa shape index (κ2) is 13.3. The van der Waals surface area contributed by atoms with E-state index in [0.29, 0.717) is 12.4 Å². The fourth-order valence-electron chi connectivity index (χ4n) is 2.42. The molecule has 0 fully saturated rings. The Morgan fingerprint density at radius 1 is 1.18 bits per heavy atom. The van der Waals surface area contributed by atoms with Crippen molar-refractivity contribution in [1.29, 1.82) is 0 Å². The standard InChI is InChI=1S/C23H32N4O/c1-7-14-25-23(27-21-12-11-13-22(15-21)28-10-4)18(5)26-17-20(9-3)19(8-2)16-24-6/h7-8,11-17H,9-10H2,1-6H3,(H,25,27)/b14-7-,19-8+,20-17+,24-16?,26-18?. The third-order valence-corrected chi connectivity index (χ3v) is 3.85. The number of nitrogens with one attached hydrogen (secondary N) is 1. The van der Waals surface area contributed by atoms with Crippen molar-refractivity contribution in [3.8, 4) is 5.75 Å². The summed E-state index contributed by atoms with van der Waals surface area (Å²) >= 11 is 0. The summed E-state index contributed by atoms with van der Waals surface area (Å²) in [7, 11) is 1.77. The van der Waals surface area contributed by atoms with Gasteiger partial charge in [-0.05, 0) is 57.4 Å². The lowest BCUT2D eigenvalue weighted by molar-refractivity contribution is 0.340. The maximum absolute atomic E-state index is 5.57. The van der Waals surface area contributed by atoms with Gasteiger partial charge in [-0.15, -0.1) is 0 Å². The Morgan fingerprint density at radius 3 is 2.57 bits per heavy atom. The van der Waals surface area contributed by atoms with Crippen LogP contribution in [0.5, 0.6) is 5.75 Å². The van der Waals surface area contributed by atoms with Crippen molar-refractivity contribution >= 4 is 23.4 Å². The number of rotatable bonds is 9. The van der Waals surface area contributed by atoms with Crippen LogP contribution in [0.15, 0.2) is 74.9 Å². The van der Waals surface area contributed by atoms with Crippen molar-refractivity contribution in [2.24, 2.45) is 15.0 Å². The fourth-order valence-corrected chi connectivity index (χ4v) is 2.42. The molecule has 0 saturated heterocycles. The van der Waals surface area contributed by atoms with Gasteiger partial charge >= 0.3 is 0 Å². The third kappa shape index (κ3) is 7.74. The van der Waals surface area contributed by atoms with Crippen LogP contribution in [0.1, 0.15) is 41.0 Å². The number of hydrogen-bond donors (Lipinski definition) is 1. The lowest BCUT2D eigenvalue weighted by Crippen LogP contribution is -2.20. The largest absolute Gasteiger partial charge is 0.494 e. The molecular weight excluding hydrogens is 348 g/mol. The number of allylic oxidation sites excluding steroid dienone is 4. The summed E-state index contributed by atoms with van der Waals surface area (Å²) < 4.78 is 5.57. The maximum atomic E-state index is 5.57. The molecule has 0 saturated carbocycles. The molecule has 150 valence electrons. The molecule has 1 aromatic carbocycles. The smallest absolute Gasteiger partial charge is 0.151 e. The second-order valence-corrected chi connectivity index (χ2v) is 5.90. The van der Waals surface area contributed by atoms with Crippen molar-refractivity contribution < 1.29 is 4.74 Å². The summed E-state index contributed by atoms with van der Waals surface area (Å²) in [5, 5.41) is 3.34. The molecule has 0 unspecified atom stereocenters. The van der Waals surface area contributed by atoms with Crippen LogP contribution in [-0.4, -0.2) is 31.4 Å². The number of aliphatic imine (C=N–C) groups is 3. The first-order chi connectivity index (χ1) is 13.6. The van der Waals surface area contributed by atoms with E-state index in [1.165, 1.54) is 0 Å². The molecule has 0 aromatic heterocycles. The molecule has 0 amide bonds. The third-order valence-electron chi connectivity index (χ3n) is 3.85. The van der Waals surface area contributed by atoms with Gasteiger partial charge < -0.3 is 10.1 Å². The summed E-state index contributed by atoms with van der Waals surface area (Å²) in [6.45, 7) is 10.6. The summed E-state index contributed by atoms with van der Waals surface area (Å²) in [6.07, 6.45) is 10.3. The van der Waals surface area contributed by atoms with E-state index in [-0.39, 0.29) is 0 Å². The minimum absolute atomic E-state index is 0.627. The van der Waals surface area contributed by atoms with E-state index in [1.807, 2.05) is 76.5 Å². The molecule has 1 N–H and O–H groups in total. The van der Waals surface area contributed by atoms with E-state index in [1.54, 1.807) is 13.2 Å². The first-order valence-electron chi connectivity index (χ1n) is 9.61. The zero-order valence-electron chi connectivity index (χ0n) is 17.9. The molecule has 0 aliphatic carbocycles. The van der Waals surface area contributed by atoms with Crippen LogP contribution < -0.4 is 10.1 Å². The van der Waals surface area contributed by atoms with Gasteiger partial charge in [0.2, 0.25) is 0 Å². The van der Waals surface area contributed by atoms with Gasteiger partial charge in [0.05, 0.1) is 12.3 Å². The van der Waals surface area contributed by atoms with Gasteiger partial charge in [0.25, 0.3) is 0 Å². The van der Waals surface area contributed by atoms with E-state index in [0.717, 1.165) is 34.7 Å². The van der Waals surface area contributed by atoms with Crippen molar-refractivity contribution in [2.75, 3.05) is 19.0 Å². The van der Waals surface area contributed by atoms with Crippen molar-refractivity contribution in [1.82, 2.24) is 0 Å². The van der Waals surface area contributed by atoms with Crippen LogP contribution in [0.25, 0.3) is 0 Å². The number of ether oxygens (including phenoxy) is 1. The Labute approximate surface area is 169 Å². The fraction of sp³-hybridized carbons (Fsp3) is 0.348. The van der Waals surface area contributed by atoms with E-state index >= 15 is 0 Å². The normalized spacial score (nSPS) is 14.2. The zero-order valence-corrected chi connectivity index (χ0v) is 17.9. The van der Waals surface area contributed by atoms with Gasteiger partial charge in [0.1, 0.15) is 5.75 Å². The molecule has 1 aromatic rings. The Morgan fingerprint density at radius 2 is 1.96 bits per heavy atom. The average molecular weight is 381 g/mol. The van der Waals surface area contributed by atoms with E-state index in [9.17, 15) is 0 Å². The molecule has 0 atom stereocenters. The Bertz CT molecular complexity index is 799. The monoisotopic (exact) mass is 380 g/mol. The molecule has 0 aliphatic rings. The number of amidine groups is 1. The quantitative estimate of drug-likeness (QED) is 0.333. The minimum atomic E-state index is 0.627. The highest BCUT2D eigenvalue weighted by Crippen LogP contribution is 2.18. The summed E-state index contributed by atoms with van der Waals surface area (Å²) in [6, 6.07) is 7.81. The Balaban J connectivity index is 3.17. The molecule has 0 spiro atoms. The SMILES string of the molecule is C/C=C\N=C(Nc1cccc(OCC)c1)C(C)=N/C=C(CC)/C(C=NC)=C/C. The lowest BCUT2D eigenvalue weighted by atomic mass is 10.1. The Kier molecular flexibility index (Phi) is 10.9. The second-order valence-electron chi connectivity index (χ2n) is 5.90. The van der Waals surface area contributed by atoms with Crippen LogP contribution in [0.4, 0.5) is 5.69 Å². The minimum Gasteiger partial charge on any atom is -0.494 e. The molecule has 28 heavy (non-hydrogen) atoms. The van der Waals surface area contributed by atoms with E-state index in [4.69, 9.17) is 4.74 Å². The summed E-state index contributed by atoms with van der Waals surface area (Å²) in [5.74, 6) is 1.50. The van der Waals surface area contributed by atoms with Crippen LogP contribution in [0.2, 0.25) is 0 Å². The molecule has 0 bridgehead atoms. The highest BCUT2D eigenvalue weighted by molar-refractivity contribution is 6.45. The first kappa shape index (κ1) is 23.1. The molecular formula is C23H32N4O. The first-order valence-corrected chi connectivity index (χ1v) is 9.61. The molecule has 0 heterocycles. The maximum Gasteiger partial charge on any atom is 0.151 e. The molecule has 0 radical (unpaired) electrons. The van der Waals surface area contributed by atoms with Crippen molar-refractivity contribution in [2.45, 2.75) is 41.0 Å². The van der Waals surface area contributed by atoms with Crippen LogP contribution in [0.3, 0.4) is 0 Å².